The number of nitrogens with one attached hydrogen (secondary N) is 2. The molecule has 10 heteroatoms. The van der Waals surface area contributed by atoms with Gasteiger partial charge in [0.2, 0.25) is 0 Å². The van der Waals surface area contributed by atoms with Crippen molar-refractivity contribution in [3.05, 3.63) is 57.8 Å². The number of benzene rings is 2. The van der Waals surface area contributed by atoms with Crippen molar-refractivity contribution in [3.8, 4) is 11.5 Å². The van der Waals surface area contributed by atoms with Gasteiger partial charge in [0.25, 0.3) is 5.91 Å². The molecule has 202 valence electrons. The predicted octanol–water partition coefficient (Wildman–Crippen LogP) is 4.51. The first-order valence-electron chi connectivity index (χ1n) is 12.9. The highest BCUT2D eigenvalue weighted by molar-refractivity contribution is 6.31. The molecule has 5 aliphatic rings. The Labute approximate surface area is 230 Å². The molecule has 38 heavy (non-hydrogen) atoms. The van der Waals surface area contributed by atoms with Crippen molar-refractivity contribution in [1.82, 2.24) is 10.6 Å². The van der Waals surface area contributed by atoms with Crippen LogP contribution in [-0.4, -0.2) is 47.2 Å². The largest absolute Gasteiger partial charge is 0.484 e. The molecule has 4 aliphatic carbocycles. The van der Waals surface area contributed by atoms with Crippen LogP contribution in [0.1, 0.15) is 56.6 Å². The Morgan fingerprint density at radius 1 is 1.11 bits per heavy atom. The number of aliphatic hydroxyl groups excluding tert-OH is 1. The molecule has 2 atom stereocenters. The van der Waals surface area contributed by atoms with Crippen molar-refractivity contribution in [2.45, 2.75) is 74.8 Å². The second-order valence-corrected chi connectivity index (χ2v) is 12.3. The van der Waals surface area contributed by atoms with E-state index in [1.807, 2.05) is 12.1 Å². The van der Waals surface area contributed by atoms with Crippen molar-refractivity contribution >= 4 is 34.9 Å². The smallest absolute Gasteiger partial charge is 0.258 e. The van der Waals surface area contributed by atoms with Gasteiger partial charge in [-0.05, 0) is 67.9 Å². The molecule has 2 aromatic rings. The van der Waals surface area contributed by atoms with Crippen molar-refractivity contribution in [3.63, 3.8) is 0 Å². The second-order valence-electron chi connectivity index (χ2n) is 11.4. The van der Waals surface area contributed by atoms with Crippen LogP contribution in [0.4, 0.5) is 4.39 Å². The highest BCUT2D eigenvalue weighted by atomic mass is 35.5. The number of ether oxygens (including phenoxy) is 2. The molecule has 0 spiro atoms. The molecule has 2 bridgehead atoms. The standard InChI is InChI=1S/C28H29Cl2FN2O5/c29-15-1-4-24-19(5-15)22(32-16-6-17(34)7-16)9-25(38-24)23(35)10-27-12-28(13-27,14-27)33-26(36)11-37-18-2-3-20(30)21(31)8-18/h1-5,8,16-17,22,25,32,34H,6-7,9-14H2,(H,33,36). The van der Waals surface area contributed by atoms with Crippen LogP contribution in [0, 0.1) is 11.2 Å². The van der Waals surface area contributed by atoms with Gasteiger partial charge in [0.1, 0.15) is 17.3 Å². The van der Waals surface area contributed by atoms with Gasteiger partial charge in [-0.1, -0.05) is 23.2 Å². The van der Waals surface area contributed by atoms with E-state index in [-0.39, 0.29) is 58.2 Å². The monoisotopic (exact) mass is 562 g/mol. The number of hydrogen-bond donors (Lipinski definition) is 3. The normalized spacial score (nSPS) is 32.5. The summed E-state index contributed by atoms with van der Waals surface area (Å²) >= 11 is 11.9. The van der Waals surface area contributed by atoms with Crippen molar-refractivity contribution in [2.24, 2.45) is 5.41 Å². The van der Waals surface area contributed by atoms with Gasteiger partial charge in [-0.3, -0.25) is 9.59 Å². The van der Waals surface area contributed by atoms with Gasteiger partial charge in [0.05, 0.1) is 11.1 Å². The zero-order chi connectivity index (χ0) is 26.7. The van der Waals surface area contributed by atoms with Crippen LogP contribution in [0.2, 0.25) is 10.0 Å². The number of carbonyl (C=O) groups excluding carboxylic acids is 2. The summed E-state index contributed by atoms with van der Waals surface area (Å²) in [5.41, 5.74) is 0.547. The molecule has 3 N–H and O–H groups in total. The maximum absolute atomic E-state index is 13.6. The quantitative estimate of drug-likeness (QED) is 0.416. The van der Waals surface area contributed by atoms with E-state index in [1.165, 1.54) is 12.1 Å². The first kappa shape index (κ1) is 25.9. The van der Waals surface area contributed by atoms with Gasteiger partial charge >= 0.3 is 0 Å². The Balaban J connectivity index is 1.01. The lowest BCUT2D eigenvalue weighted by Crippen LogP contribution is -2.75. The van der Waals surface area contributed by atoms with Crippen LogP contribution in [0.5, 0.6) is 11.5 Å². The maximum atomic E-state index is 13.6. The van der Waals surface area contributed by atoms with Crippen molar-refractivity contribution in [1.29, 1.82) is 0 Å². The average Bonchev–Trinajstić information content (AvgIpc) is 2.81. The number of ketones is 1. The Morgan fingerprint density at radius 2 is 1.87 bits per heavy atom. The zero-order valence-corrected chi connectivity index (χ0v) is 22.2. The molecule has 4 saturated carbocycles. The van der Waals surface area contributed by atoms with E-state index >= 15 is 0 Å². The molecule has 0 aromatic heterocycles. The van der Waals surface area contributed by atoms with E-state index < -0.39 is 11.9 Å². The molecule has 7 nitrogen and oxygen atoms in total. The summed E-state index contributed by atoms with van der Waals surface area (Å²) in [5.74, 6) is 0.0889. The third kappa shape index (κ3) is 4.99. The molecule has 0 saturated heterocycles. The van der Waals surface area contributed by atoms with Gasteiger partial charge < -0.3 is 25.2 Å². The summed E-state index contributed by atoms with van der Waals surface area (Å²) in [6, 6.07) is 9.63. The lowest BCUT2D eigenvalue weighted by atomic mass is 9.38. The number of hydrogen-bond acceptors (Lipinski definition) is 6. The number of amides is 1. The predicted molar refractivity (Wildman–Crippen MR) is 139 cm³/mol. The fourth-order valence-corrected chi connectivity index (χ4v) is 6.95. The minimum absolute atomic E-state index is 0.00673. The number of Topliss-reactive ketones (excluding diaryl/α,β-unsaturated/α-hetero) is 1. The third-order valence-corrected chi connectivity index (χ3v) is 8.87. The van der Waals surface area contributed by atoms with Gasteiger partial charge in [-0.25, -0.2) is 4.39 Å². The molecular formula is C28H29Cl2FN2O5. The number of rotatable bonds is 9. The highest BCUT2D eigenvalue weighted by Crippen LogP contribution is 2.69. The van der Waals surface area contributed by atoms with Crippen LogP contribution < -0.4 is 20.1 Å². The van der Waals surface area contributed by atoms with Gasteiger partial charge in [-0.15, -0.1) is 0 Å². The second kappa shape index (κ2) is 9.66. The lowest BCUT2D eigenvalue weighted by Gasteiger charge is -2.70. The van der Waals surface area contributed by atoms with Crippen LogP contribution in [0.3, 0.4) is 0 Å². The zero-order valence-electron chi connectivity index (χ0n) is 20.6. The summed E-state index contributed by atoms with van der Waals surface area (Å²) < 4.78 is 25.1. The third-order valence-electron chi connectivity index (χ3n) is 8.33. The van der Waals surface area contributed by atoms with E-state index in [2.05, 4.69) is 10.6 Å². The molecule has 1 aliphatic heterocycles. The molecule has 0 radical (unpaired) electrons. The van der Waals surface area contributed by atoms with E-state index in [4.69, 9.17) is 32.7 Å². The van der Waals surface area contributed by atoms with Crippen molar-refractivity contribution < 1.29 is 28.6 Å². The number of aliphatic hydroxyl groups is 1. The molecule has 7 rings (SSSR count). The number of fused-ring (bicyclic) bond motifs is 1. The first-order valence-corrected chi connectivity index (χ1v) is 13.7. The molecule has 1 amide bonds. The van der Waals surface area contributed by atoms with E-state index in [1.54, 1.807) is 6.07 Å². The summed E-state index contributed by atoms with van der Waals surface area (Å²) in [6.07, 6.45) is 3.72. The molecule has 1 heterocycles. The molecular weight excluding hydrogens is 534 g/mol. The van der Waals surface area contributed by atoms with Gasteiger partial charge in [0.15, 0.2) is 18.5 Å². The SMILES string of the molecule is O=C(COc1ccc(Cl)c(F)c1)NC12CC(CC(=O)C3CC(NC4CC(O)C4)c4cc(Cl)ccc4O3)(C1)C2. The van der Waals surface area contributed by atoms with E-state index in [0.717, 1.165) is 30.9 Å². The fourth-order valence-electron chi connectivity index (χ4n) is 6.65. The maximum Gasteiger partial charge on any atom is 0.258 e. The Kier molecular flexibility index (Phi) is 6.58. The Morgan fingerprint density at radius 3 is 2.58 bits per heavy atom. The van der Waals surface area contributed by atoms with Crippen molar-refractivity contribution in [2.75, 3.05) is 6.61 Å². The topological polar surface area (TPSA) is 96.9 Å². The van der Waals surface area contributed by atoms with Gasteiger partial charge in [-0.2, -0.15) is 0 Å². The fraction of sp³-hybridized carbons (Fsp3) is 0.500. The van der Waals surface area contributed by atoms with Crippen LogP contribution in [-0.2, 0) is 9.59 Å². The summed E-state index contributed by atoms with van der Waals surface area (Å²) in [4.78, 5) is 25.8. The minimum atomic E-state index is -0.603. The molecule has 2 aromatic carbocycles. The molecule has 4 fully saturated rings. The highest BCUT2D eigenvalue weighted by Gasteiger charge is 2.68. The van der Waals surface area contributed by atoms with Crippen LogP contribution in [0.25, 0.3) is 0 Å². The summed E-state index contributed by atoms with van der Waals surface area (Å²) in [7, 11) is 0. The Hall–Kier alpha value is -2.39. The van der Waals surface area contributed by atoms with E-state index in [0.29, 0.717) is 36.5 Å². The van der Waals surface area contributed by atoms with Crippen LogP contribution in [0.15, 0.2) is 36.4 Å². The minimum Gasteiger partial charge on any atom is -0.484 e. The summed E-state index contributed by atoms with van der Waals surface area (Å²) in [5, 5.41) is 16.9. The van der Waals surface area contributed by atoms with E-state index in [9.17, 15) is 19.1 Å². The average molecular weight is 563 g/mol. The number of halogens is 3. The van der Waals surface area contributed by atoms with Crippen LogP contribution >= 0.6 is 23.2 Å². The van der Waals surface area contributed by atoms with Gasteiger partial charge in [0, 0.05) is 47.1 Å². The first-order chi connectivity index (χ1) is 18.1. The molecule has 2 unspecified atom stereocenters. The summed E-state index contributed by atoms with van der Waals surface area (Å²) in [6.45, 7) is -0.222. The Bertz CT molecular complexity index is 1260. The number of carbonyl (C=O) groups is 2. The lowest BCUT2D eigenvalue weighted by molar-refractivity contribution is -0.175.